The first-order chi connectivity index (χ1) is 17.5. The van der Waals surface area contributed by atoms with E-state index in [0.717, 1.165) is 0 Å². The van der Waals surface area contributed by atoms with Gasteiger partial charge in [0.25, 0.3) is 11.5 Å². The number of rotatable bonds is 8. The minimum absolute atomic E-state index is 0.0972. The first-order valence-electron chi connectivity index (χ1n) is 10.9. The lowest BCUT2D eigenvalue weighted by Crippen LogP contribution is -2.30. The smallest absolute Gasteiger partial charge is 0.270 e. The topological polar surface area (TPSA) is 108 Å². The Morgan fingerprint density at radius 3 is 2.22 bits per heavy atom. The summed E-state index contributed by atoms with van der Waals surface area (Å²) < 4.78 is 11.3. The van der Waals surface area contributed by atoms with Crippen LogP contribution in [-0.4, -0.2) is 35.8 Å². The van der Waals surface area contributed by atoms with Crippen LogP contribution in [0.15, 0.2) is 88.8 Å². The third-order valence-corrected chi connectivity index (χ3v) is 5.85. The molecule has 1 amide bonds. The zero-order valence-corrected chi connectivity index (χ0v) is 20.4. The van der Waals surface area contributed by atoms with E-state index in [1.807, 2.05) is 66.7 Å². The Kier molecular flexibility index (Phi) is 7.68. The lowest BCUT2D eigenvalue weighted by molar-refractivity contribution is -0.119. The Balaban J connectivity index is 1.61. The fourth-order valence-electron chi connectivity index (χ4n) is 3.59. The fourth-order valence-corrected chi connectivity index (χ4v) is 3.97. The SMILES string of the molecule is COc1cc(-c2nc(SC)[nH]c(=O)c2C#N)ccc1OCC(=O)N(c1ccccc1)c1ccccc1. The number of amides is 1. The van der Waals surface area contributed by atoms with Crippen LogP contribution >= 0.6 is 11.8 Å². The van der Waals surface area contributed by atoms with Gasteiger partial charge in [-0.05, 0) is 48.7 Å². The molecule has 0 aliphatic carbocycles. The number of hydrogen-bond donors (Lipinski definition) is 1. The lowest BCUT2D eigenvalue weighted by Gasteiger charge is -2.23. The number of ether oxygens (including phenoxy) is 2. The zero-order chi connectivity index (χ0) is 25.5. The van der Waals surface area contributed by atoms with E-state index >= 15 is 0 Å². The Morgan fingerprint density at radius 2 is 1.67 bits per heavy atom. The summed E-state index contributed by atoms with van der Waals surface area (Å²) in [5.74, 6) is 0.401. The summed E-state index contributed by atoms with van der Waals surface area (Å²) in [6, 6.07) is 25.5. The van der Waals surface area contributed by atoms with Crippen LogP contribution in [0.25, 0.3) is 11.3 Å². The van der Waals surface area contributed by atoms with Crippen molar-refractivity contribution in [2.75, 3.05) is 24.9 Å². The molecule has 3 aromatic carbocycles. The summed E-state index contributed by atoms with van der Waals surface area (Å²) >= 11 is 1.26. The summed E-state index contributed by atoms with van der Waals surface area (Å²) in [7, 11) is 1.47. The summed E-state index contributed by atoms with van der Waals surface area (Å²) in [5.41, 5.74) is 1.57. The third-order valence-electron chi connectivity index (χ3n) is 5.27. The molecule has 4 rings (SSSR count). The number of anilines is 2. The number of thioether (sulfide) groups is 1. The molecule has 0 aliphatic rings. The number of methoxy groups -OCH3 is 1. The van der Waals surface area contributed by atoms with Gasteiger partial charge in [-0.25, -0.2) is 4.98 Å². The average Bonchev–Trinajstić information content (AvgIpc) is 2.92. The highest BCUT2D eigenvalue weighted by Crippen LogP contribution is 2.33. The largest absolute Gasteiger partial charge is 0.493 e. The highest BCUT2D eigenvalue weighted by molar-refractivity contribution is 7.98. The molecule has 0 saturated carbocycles. The van der Waals surface area contributed by atoms with Crippen LogP contribution in [0.2, 0.25) is 0 Å². The van der Waals surface area contributed by atoms with E-state index in [1.165, 1.54) is 18.9 Å². The van der Waals surface area contributed by atoms with E-state index in [4.69, 9.17) is 9.47 Å². The number of hydrogen-bond acceptors (Lipinski definition) is 7. The summed E-state index contributed by atoms with van der Waals surface area (Å²) in [6.45, 7) is -0.247. The zero-order valence-electron chi connectivity index (χ0n) is 19.6. The average molecular weight is 499 g/mol. The molecule has 0 radical (unpaired) electrons. The fraction of sp³-hybridized carbons (Fsp3) is 0.111. The molecule has 36 heavy (non-hydrogen) atoms. The van der Waals surface area contributed by atoms with Crippen molar-refractivity contribution in [2.24, 2.45) is 0 Å². The Labute approximate surface area is 212 Å². The van der Waals surface area contributed by atoms with E-state index in [9.17, 15) is 14.9 Å². The molecule has 0 spiro atoms. The normalized spacial score (nSPS) is 10.4. The molecule has 9 heteroatoms. The van der Waals surface area contributed by atoms with Crippen LogP contribution < -0.4 is 19.9 Å². The van der Waals surface area contributed by atoms with Crippen molar-refractivity contribution in [3.8, 4) is 28.8 Å². The quantitative estimate of drug-likeness (QED) is 0.275. The first kappa shape index (κ1) is 24.6. The standard InChI is InChI=1S/C27H22N4O4S/c1-34-23-15-18(25-21(16-28)26(33)30-27(29-25)36-2)13-14-22(23)35-17-24(32)31(19-9-5-3-6-10-19)20-11-7-4-8-12-20/h3-15H,17H2,1-2H3,(H,29,30,33). The number of nitriles is 1. The van der Waals surface area contributed by atoms with Gasteiger partial charge in [0.05, 0.1) is 12.8 Å². The molecule has 0 atom stereocenters. The molecule has 1 aromatic heterocycles. The Morgan fingerprint density at radius 1 is 1.03 bits per heavy atom. The second kappa shape index (κ2) is 11.3. The molecule has 0 fully saturated rings. The van der Waals surface area contributed by atoms with Crippen molar-refractivity contribution in [3.05, 3.63) is 94.8 Å². The molecular weight excluding hydrogens is 476 g/mol. The van der Waals surface area contributed by atoms with E-state index in [-0.39, 0.29) is 23.8 Å². The molecule has 1 heterocycles. The summed E-state index contributed by atoms with van der Waals surface area (Å²) in [5, 5.41) is 9.87. The maximum atomic E-state index is 13.3. The van der Waals surface area contributed by atoms with Crippen LogP contribution in [0.1, 0.15) is 5.56 Å². The van der Waals surface area contributed by atoms with Gasteiger partial charge in [0.15, 0.2) is 23.3 Å². The summed E-state index contributed by atoms with van der Waals surface area (Å²) in [6.07, 6.45) is 1.77. The van der Waals surface area contributed by atoms with Crippen LogP contribution in [0.4, 0.5) is 11.4 Å². The van der Waals surface area contributed by atoms with Gasteiger partial charge in [0, 0.05) is 16.9 Å². The molecule has 0 aliphatic heterocycles. The van der Waals surface area contributed by atoms with Gasteiger partial charge in [-0.3, -0.25) is 14.5 Å². The minimum atomic E-state index is -0.515. The number of carbonyl (C=O) groups is 1. The van der Waals surface area contributed by atoms with Gasteiger partial charge >= 0.3 is 0 Å². The van der Waals surface area contributed by atoms with E-state index in [0.29, 0.717) is 33.6 Å². The van der Waals surface area contributed by atoms with Crippen LogP contribution in [-0.2, 0) is 4.79 Å². The Bertz CT molecular complexity index is 1430. The maximum absolute atomic E-state index is 13.3. The number of aromatic nitrogens is 2. The first-order valence-corrected chi connectivity index (χ1v) is 12.1. The van der Waals surface area contributed by atoms with Crippen LogP contribution in [0.5, 0.6) is 11.5 Å². The molecule has 0 bridgehead atoms. The number of aromatic amines is 1. The number of benzene rings is 3. The van der Waals surface area contributed by atoms with Crippen molar-refractivity contribution in [1.82, 2.24) is 9.97 Å². The van der Waals surface area contributed by atoms with Gasteiger partial charge < -0.3 is 14.5 Å². The molecule has 1 N–H and O–H groups in total. The van der Waals surface area contributed by atoms with Crippen LogP contribution in [0, 0.1) is 11.3 Å². The second-order valence-corrected chi connectivity index (χ2v) is 8.26. The summed E-state index contributed by atoms with van der Waals surface area (Å²) in [4.78, 5) is 34.1. The highest BCUT2D eigenvalue weighted by Gasteiger charge is 2.20. The molecule has 8 nitrogen and oxygen atoms in total. The predicted octanol–water partition coefficient (Wildman–Crippen LogP) is 4.78. The van der Waals surface area contributed by atoms with Gasteiger partial charge in [-0.2, -0.15) is 5.26 Å². The van der Waals surface area contributed by atoms with Gasteiger partial charge in [0.2, 0.25) is 0 Å². The lowest BCUT2D eigenvalue weighted by atomic mass is 10.1. The van der Waals surface area contributed by atoms with Crippen molar-refractivity contribution >= 4 is 29.0 Å². The highest BCUT2D eigenvalue weighted by atomic mass is 32.2. The van der Waals surface area contributed by atoms with Gasteiger partial charge in [-0.15, -0.1) is 0 Å². The number of H-pyrrole nitrogens is 1. The molecule has 4 aromatic rings. The van der Waals surface area contributed by atoms with Crippen LogP contribution in [0.3, 0.4) is 0 Å². The number of carbonyl (C=O) groups excluding carboxylic acids is 1. The van der Waals surface area contributed by atoms with Gasteiger partial charge in [-0.1, -0.05) is 48.2 Å². The molecule has 180 valence electrons. The number of nitrogens with zero attached hydrogens (tertiary/aromatic N) is 3. The van der Waals surface area contributed by atoms with E-state index < -0.39 is 5.56 Å². The number of para-hydroxylation sites is 2. The molecular formula is C27H22N4O4S. The van der Waals surface area contributed by atoms with E-state index in [1.54, 1.807) is 29.4 Å². The molecule has 0 saturated heterocycles. The third kappa shape index (κ3) is 5.24. The maximum Gasteiger partial charge on any atom is 0.270 e. The number of nitrogens with one attached hydrogen (secondary N) is 1. The van der Waals surface area contributed by atoms with Gasteiger partial charge in [0.1, 0.15) is 11.6 Å². The molecule has 0 unspecified atom stereocenters. The monoisotopic (exact) mass is 498 g/mol. The van der Waals surface area contributed by atoms with Crippen molar-refractivity contribution in [1.29, 1.82) is 5.26 Å². The Hall–Kier alpha value is -4.55. The minimum Gasteiger partial charge on any atom is -0.493 e. The second-order valence-electron chi connectivity index (χ2n) is 7.47. The van der Waals surface area contributed by atoms with Crippen molar-refractivity contribution in [2.45, 2.75) is 5.16 Å². The van der Waals surface area contributed by atoms with Crippen molar-refractivity contribution in [3.63, 3.8) is 0 Å². The van der Waals surface area contributed by atoms with Crippen molar-refractivity contribution < 1.29 is 14.3 Å². The van der Waals surface area contributed by atoms with E-state index in [2.05, 4.69) is 9.97 Å². The predicted molar refractivity (Wildman–Crippen MR) is 139 cm³/mol.